The Kier molecular flexibility index (Phi) is 5.90. The van der Waals surface area contributed by atoms with Gasteiger partial charge in [-0.15, -0.1) is 0 Å². The summed E-state index contributed by atoms with van der Waals surface area (Å²) in [5, 5.41) is 14.5. The van der Waals surface area contributed by atoms with E-state index in [0.717, 1.165) is 28.8 Å². The van der Waals surface area contributed by atoms with Crippen LogP contribution in [0.2, 0.25) is 0 Å². The molecule has 1 N–H and O–H groups in total. The molecule has 0 aliphatic carbocycles. The molecule has 2 aromatic heterocycles. The molecule has 2 aromatic carbocycles. The van der Waals surface area contributed by atoms with Gasteiger partial charge in [0, 0.05) is 52.8 Å². The van der Waals surface area contributed by atoms with Crippen molar-refractivity contribution in [1.82, 2.24) is 14.6 Å². The second-order valence-corrected chi connectivity index (χ2v) is 6.39. The van der Waals surface area contributed by atoms with Gasteiger partial charge in [-0.05, 0) is 31.2 Å². The van der Waals surface area contributed by atoms with Gasteiger partial charge in [-0.2, -0.15) is 22.8 Å². The fourth-order valence-corrected chi connectivity index (χ4v) is 3.09. The normalized spacial score (nSPS) is 11.5. The maximum Gasteiger partial charge on any atom is 0.416 e. The molecule has 0 saturated heterocycles. The molecule has 10 heteroatoms. The van der Waals surface area contributed by atoms with Gasteiger partial charge >= 0.3 is 6.18 Å². The number of alkyl halides is 3. The summed E-state index contributed by atoms with van der Waals surface area (Å²) in [6, 6.07) is 8.54. The molecule has 0 saturated carbocycles. The van der Waals surface area contributed by atoms with Crippen LogP contribution >= 0.6 is 0 Å². The number of hydrogen-bond acceptors (Lipinski definition) is 3. The van der Waals surface area contributed by atoms with E-state index in [9.17, 15) is 27.1 Å². The van der Waals surface area contributed by atoms with Crippen LogP contribution in [-0.2, 0) is 6.18 Å². The minimum Gasteiger partial charge on any atom is -0.493 e. The molecule has 0 unspecified atom stereocenters. The molecule has 0 amide bonds. The van der Waals surface area contributed by atoms with E-state index in [1.165, 1.54) is 24.3 Å². The predicted octanol–water partition coefficient (Wildman–Crippen LogP) is 4.99. The molecule has 0 spiro atoms. The molecule has 0 aliphatic rings. The van der Waals surface area contributed by atoms with Crippen molar-refractivity contribution < 1.29 is 27.1 Å². The van der Waals surface area contributed by atoms with Gasteiger partial charge in [0.2, 0.25) is 5.88 Å². The Labute approximate surface area is 189 Å². The number of nitrogens with zero attached hydrogens (tertiary/aromatic N) is 3. The van der Waals surface area contributed by atoms with Gasteiger partial charge in [0.05, 0.1) is 22.5 Å². The third kappa shape index (κ3) is 3.92. The summed E-state index contributed by atoms with van der Waals surface area (Å²) in [5.41, 5.74) is 0.376. The van der Waals surface area contributed by atoms with E-state index in [1.54, 1.807) is 6.92 Å². The Bertz CT molecular complexity index is 1240. The second-order valence-electron chi connectivity index (χ2n) is 6.39. The first-order valence-corrected chi connectivity index (χ1v) is 8.37. The van der Waals surface area contributed by atoms with E-state index < -0.39 is 23.4 Å². The standard InChI is InChI=1S/C20H12F5N3O.Na/c1-10-18(14-7-6-13(21)8-15(14)22)19-26-16(9-17(29)28(19)27-10)11-2-4-12(5-3-11)20(23,24)25;/h2-9,29H,1H3;. The smallest absolute Gasteiger partial charge is 0.416 e. The van der Waals surface area contributed by atoms with Gasteiger partial charge in [-0.1, -0.05) is 12.1 Å². The minimum atomic E-state index is -4.48. The molecule has 4 aromatic rings. The molecule has 4 nitrogen and oxygen atoms in total. The van der Waals surface area contributed by atoms with Gasteiger partial charge in [0.15, 0.2) is 5.65 Å². The van der Waals surface area contributed by atoms with Crippen LogP contribution in [0.3, 0.4) is 0 Å². The van der Waals surface area contributed by atoms with Crippen molar-refractivity contribution in [2.75, 3.05) is 0 Å². The fourth-order valence-electron chi connectivity index (χ4n) is 3.09. The molecule has 149 valence electrons. The van der Waals surface area contributed by atoms with Crippen LogP contribution in [0.1, 0.15) is 11.3 Å². The molecule has 0 aliphatic heterocycles. The maximum absolute atomic E-state index is 14.3. The van der Waals surface area contributed by atoms with Gasteiger partial charge in [0.1, 0.15) is 11.6 Å². The van der Waals surface area contributed by atoms with Crippen molar-refractivity contribution in [2.24, 2.45) is 0 Å². The average molecular weight is 428 g/mol. The van der Waals surface area contributed by atoms with Crippen LogP contribution in [0, 0.1) is 18.6 Å². The molecule has 4 rings (SSSR count). The van der Waals surface area contributed by atoms with Crippen molar-refractivity contribution in [3.05, 3.63) is 71.4 Å². The number of halogens is 5. The van der Waals surface area contributed by atoms with Crippen LogP contribution in [0.25, 0.3) is 28.0 Å². The SMILES string of the molecule is Cc1nn2c(O)cc(-c3ccc(C(F)(F)F)cc3)nc2c1-c1ccc(F)cc1F.[Na]. The van der Waals surface area contributed by atoms with Crippen molar-refractivity contribution >= 4 is 35.2 Å². The number of hydrogen-bond donors (Lipinski definition) is 1. The zero-order valence-electron chi connectivity index (χ0n) is 15.8. The second kappa shape index (κ2) is 7.98. The van der Waals surface area contributed by atoms with Crippen LogP contribution in [-0.4, -0.2) is 49.3 Å². The third-order valence-electron chi connectivity index (χ3n) is 4.45. The van der Waals surface area contributed by atoms with Crippen molar-refractivity contribution in [3.63, 3.8) is 0 Å². The Morgan fingerprint density at radius 3 is 2.23 bits per heavy atom. The molecule has 0 bridgehead atoms. The van der Waals surface area contributed by atoms with Gasteiger partial charge < -0.3 is 5.11 Å². The fraction of sp³-hybridized carbons (Fsp3) is 0.100. The Morgan fingerprint density at radius 2 is 1.63 bits per heavy atom. The number of rotatable bonds is 2. The van der Waals surface area contributed by atoms with Crippen LogP contribution in [0.15, 0.2) is 48.5 Å². The number of aryl methyl sites for hydroxylation is 1. The maximum atomic E-state index is 14.3. The van der Waals surface area contributed by atoms with Gasteiger partial charge in [-0.3, -0.25) is 0 Å². The van der Waals surface area contributed by atoms with Crippen LogP contribution in [0.4, 0.5) is 22.0 Å². The monoisotopic (exact) mass is 428 g/mol. The Balaban J connectivity index is 0.00000256. The molecular formula is C20H12F5N3NaO. The first-order chi connectivity index (χ1) is 13.6. The van der Waals surface area contributed by atoms with Crippen molar-refractivity contribution in [2.45, 2.75) is 13.1 Å². The third-order valence-corrected chi connectivity index (χ3v) is 4.45. The van der Waals surface area contributed by atoms with Crippen LogP contribution in [0.5, 0.6) is 5.88 Å². The van der Waals surface area contributed by atoms with E-state index in [4.69, 9.17) is 0 Å². The summed E-state index contributed by atoms with van der Waals surface area (Å²) in [5.74, 6) is -1.91. The quantitative estimate of drug-likeness (QED) is 0.361. The Hall–Kier alpha value is -2.49. The largest absolute Gasteiger partial charge is 0.493 e. The molecule has 1 radical (unpaired) electrons. The first kappa shape index (κ1) is 22.2. The van der Waals surface area contributed by atoms with E-state index in [1.807, 2.05) is 0 Å². The van der Waals surface area contributed by atoms with Gasteiger partial charge in [-0.25, -0.2) is 13.8 Å². The van der Waals surface area contributed by atoms with E-state index in [-0.39, 0.29) is 57.9 Å². The summed E-state index contributed by atoms with van der Waals surface area (Å²) >= 11 is 0. The van der Waals surface area contributed by atoms with E-state index in [2.05, 4.69) is 10.1 Å². The van der Waals surface area contributed by atoms with Crippen molar-refractivity contribution in [3.8, 4) is 28.3 Å². The zero-order chi connectivity index (χ0) is 20.9. The van der Waals surface area contributed by atoms with E-state index >= 15 is 0 Å². The summed E-state index contributed by atoms with van der Waals surface area (Å²) < 4.78 is 67.0. The topological polar surface area (TPSA) is 50.4 Å². The van der Waals surface area contributed by atoms with Gasteiger partial charge in [0.25, 0.3) is 0 Å². The predicted molar refractivity (Wildman–Crippen MR) is 101 cm³/mol. The molecule has 30 heavy (non-hydrogen) atoms. The molecule has 0 fully saturated rings. The summed E-state index contributed by atoms with van der Waals surface area (Å²) in [7, 11) is 0. The van der Waals surface area contributed by atoms with Crippen LogP contribution < -0.4 is 0 Å². The number of benzene rings is 2. The van der Waals surface area contributed by atoms with E-state index in [0.29, 0.717) is 11.3 Å². The van der Waals surface area contributed by atoms with Crippen molar-refractivity contribution in [1.29, 1.82) is 0 Å². The summed E-state index contributed by atoms with van der Waals surface area (Å²) in [4.78, 5) is 4.36. The number of fused-ring (bicyclic) bond motifs is 1. The average Bonchev–Trinajstić information content (AvgIpc) is 2.98. The zero-order valence-corrected chi connectivity index (χ0v) is 17.8. The number of aromatic nitrogens is 3. The molecule has 2 heterocycles. The summed E-state index contributed by atoms with van der Waals surface area (Å²) in [6.07, 6.45) is -4.48. The molecular weight excluding hydrogens is 416 g/mol. The number of aromatic hydroxyl groups is 1. The summed E-state index contributed by atoms with van der Waals surface area (Å²) in [6.45, 7) is 1.57. The first-order valence-electron chi connectivity index (χ1n) is 8.37. The minimum absolute atomic E-state index is 0. The Morgan fingerprint density at radius 1 is 0.967 bits per heavy atom. The molecule has 0 atom stereocenters.